The number of nitrogens with zero attached hydrogens (tertiary/aromatic N) is 3. The van der Waals surface area contributed by atoms with Crippen molar-refractivity contribution < 1.29 is 9.59 Å². The zero-order valence-electron chi connectivity index (χ0n) is 18.0. The number of carbonyl (C=O) groups excluding carboxylic acids is 2. The van der Waals surface area contributed by atoms with E-state index in [-0.39, 0.29) is 11.8 Å². The predicted octanol–water partition coefficient (Wildman–Crippen LogP) is 4.08. The van der Waals surface area contributed by atoms with Crippen LogP contribution in [0.4, 0.5) is 5.69 Å². The van der Waals surface area contributed by atoms with Crippen molar-refractivity contribution in [2.45, 2.75) is 66.3 Å². The summed E-state index contributed by atoms with van der Waals surface area (Å²) in [6.07, 6.45) is 4.48. The van der Waals surface area contributed by atoms with Crippen molar-refractivity contribution in [2.75, 3.05) is 18.4 Å². The van der Waals surface area contributed by atoms with Gasteiger partial charge >= 0.3 is 0 Å². The second kappa shape index (κ2) is 9.25. The van der Waals surface area contributed by atoms with Gasteiger partial charge in [-0.15, -0.1) is 0 Å². The molecular weight excluding hydrogens is 364 g/mol. The minimum Gasteiger partial charge on any atom is -0.338 e. The zero-order chi connectivity index (χ0) is 21.0. The first-order chi connectivity index (χ1) is 14.0. The number of hydrogen-bond acceptors (Lipinski definition) is 3. The third kappa shape index (κ3) is 4.07. The largest absolute Gasteiger partial charge is 0.338 e. The Morgan fingerprint density at radius 1 is 1.07 bits per heavy atom. The van der Waals surface area contributed by atoms with E-state index >= 15 is 0 Å². The van der Waals surface area contributed by atoms with E-state index in [4.69, 9.17) is 0 Å². The average molecular weight is 397 g/mol. The molecule has 0 bridgehead atoms. The first-order valence-corrected chi connectivity index (χ1v) is 10.9. The van der Waals surface area contributed by atoms with Crippen LogP contribution in [0.2, 0.25) is 0 Å². The number of benzene rings is 1. The molecule has 6 heteroatoms. The summed E-state index contributed by atoms with van der Waals surface area (Å²) in [6, 6.07) is 6.13. The molecule has 1 aliphatic rings. The van der Waals surface area contributed by atoms with Crippen LogP contribution < -0.4 is 5.32 Å². The van der Waals surface area contributed by atoms with E-state index < -0.39 is 0 Å². The van der Waals surface area contributed by atoms with Crippen molar-refractivity contribution in [1.82, 2.24) is 14.5 Å². The zero-order valence-corrected chi connectivity index (χ0v) is 18.0. The van der Waals surface area contributed by atoms with Crippen LogP contribution in [0.1, 0.15) is 78.5 Å². The lowest BCUT2D eigenvalue weighted by molar-refractivity contribution is 0.0766. The van der Waals surface area contributed by atoms with E-state index in [1.54, 1.807) is 4.90 Å². The van der Waals surface area contributed by atoms with E-state index in [1.165, 1.54) is 0 Å². The number of hydrogen-bond donors (Lipinski definition) is 1. The van der Waals surface area contributed by atoms with Gasteiger partial charge < -0.3 is 14.8 Å². The van der Waals surface area contributed by atoms with Crippen LogP contribution in [-0.4, -0.2) is 39.4 Å². The monoisotopic (exact) mass is 396 g/mol. The molecule has 0 unspecified atom stereocenters. The summed E-state index contributed by atoms with van der Waals surface area (Å²) in [5, 5.41) is 3.11. The fourth-order valence-electron chi connectivity index (χ4n) is 4.12. The Morgan fingerprint density at radius 2 is 1.72 bits per heavy atom. The highest BCUT2D eigenvalue weighted by Crippen LogP contribution is 2.26. The molecule has 1 aliphatic heterocycles. The molecule has 1 aromatic heterocycles. The summed E-state index contributed by atoms with van der Waals surface area (Å²) in [4.78, 5) is 32.6. The van der Waals surface area contributed by atoms with E-state index in [0.717, 1.165) is 61.2 Å². The highest BCUT2D eigenvalue weighted by Gasteiger charge is 2.29. The molecular formula is C23H32N4O2. The molecule has 0 radical (unpaired) electrons. The topological polar surface area (TPSA) is 67.2 Å². The second-order valence-electron chi connectivity index (χ2n) is 7.43. The maximum atomic E-state index is 13.2. The van der Waals surface area contributed by atoms with Gasteiger partial charge in [-0.1, -0.05) is 32.0 Å². The van der Waals surface area contributed by atoms with Gasteiger partial charge in [-0.05, 0) is 57.1 Å². The van der Waals surface area contributed by atoms with Crippen molar-refractivity contribution in [2.24, 2.45) is 0 Å². The quantitative estimate of drug-likeness (QED) is 0.767. The SMILES string of the molecule is CCc1cccc(CC)c1NC(=O)c1nc(C(=O)N(CC)CC)c2n1CCCC2. The molecule has 2 amide bonds. The molecule has 0 saturated carbocycles. The summed E-state index contributed by atoms with van der Waals surface area (Å²) in [5.74, 6) is 0.0356. The van der Waals surface area contributed by atoms with Crippen molar-refractivity contribution >= 4 is 17.5 Å². The lowest BCUT2D eigenvalue weighted by Gasteiger charge is -2.20. The van der Waals surface area contributed by atoms with Gasteiger partial charge in [-0.25, -0.2) is 4.98 Å². The average Bonchev–Trinajstić information content (AvgIpc) is 3.14. The van der Waals surface area contributed by atoms with Crippen LogP contribution in [-0.2, 0) is 25.8 Å². The van der Waals surface area contributed by atoms with Gasteiger partial charge in [-0.3, -0.25) is 9.59 Å². The van der Waals surface area contributed by atoms with Crippen molar-refractivity contribution in [3.8, 4) is 0 Å². The van der Waals surface area contributed by atoms with E-state index in [9.17, 15) is 9.59 Å². The van der Waals surface area contributed by atoms with E-state index in [2.05, 4.69) is 24.1 Å². The number of imidazole rings is 1. The molecule has 0 fully saturated rings. The van der Waals surface area contributed by atoms with Gasteiger partial charge in [0.05, 0.1) is 5.69 Å². The fraction of sp³-hybridized carbons (Fsp3) is 0.522. The molecule has 29 heavy (non-hydrogen) atoms. The lowest BCUT2D eigenvalue weighted by atomic mass is 10.0. The van der Waals surface area contributed by atoms with E-state index in [1.807, 2.05) is 36.6 Å². The molecule has 3 rings (SSSR count). The van der Waals surface area contributed by atoms with Crippen LogP contribution >= 0.6 is 0 Å². The van der Waals surface area contributed by atoms with Gasteiger partial charge in [0.25, 0.3) is 11.8 Å². The summed E-state index contributed by atoms with van der Waals surface area (Å²) < 4.78 is 1.95. The molecule has 156 valence electrons. The Bertz CT molecular complexity index is 874. The number of anilines is 1. The fourth-order valence-corrected chi connectivity index (χ4v) is 4.12. The van der Waals surface area contributed by atoms with Gasteiger partial charge in [0.1, 0.15) is 5.69 Å². The van der Waals surface area contributed by atoms with Gasteiger partial charge in [0, 0.05) is 25.3 Å². The summed E-state index contributed by atoms with van der Waals surface area (Å²) in [5.41, 5.74) is 4.45. The van der Waals surface area contributed by atoms with Gasteiger partial charge in [-0.2, -0.15) is 0 Å². The maximum absolute atomic E-state index is 13.2. The first-order valence-electron chi connectivity index (χ1n) is 10.9. The van der Waals surface area contributed by atoms with Crippen molar-refractivity contribution in [3.63, 3.8) is 0 Å². The molecule has 1 aromatic carbocycles. The summed E-state index contributed by atoms with van der Waals surface area (Å²) in [7, 11) is 0. The van der Waals surface area contributed by atoms with Crippen LogP contribution in [0.5, 0.6) is 0 Å². The Kier molecular flexibility index (Phi) is 6.72. The number of aromatic nitrogens is 2. The molecule has 0 aliphatic carbocycles. The molecule has 2 aromatic rings. The molecule has 1 N–H and O–H groups in total. The minimum atomic E-state index is -0.234. The number of amides is 2. The van der Waals surface area contributed by atoms with Gasteiger partial charge in [0.15, 0.2) is 5.82 Å². The number of para-hydroxylation sites is 1. The maximum Gasteiger partial charge on any atom is 0.291 e. The molecule has 0 atom stereocenters. The van der Waals surface area contributed by atoms with Crippen molar-refractivity contribution in [1.29, 1.82) is 0 Å². The molecule has 6 nitrogen and oxygen atoms in total. The Hall–Kier alpha value is -2.63. The second-order valence-corrected chi connectivity index (χ2v) is 7.43. The molecule has 2 heterocycles. The van der Waals surface area contributed by atoms with Crippen LogP contribution in [0.3, 0.4) is 0 Å². The number of nitrogens with one attached hydrogen (secondary N) is 1. The summed E-state index contributed by atoms with van der Waals surface area (Å²) >= 11 is 0. The summed E-state index contributed by atoms with van der Waals surface area (Å²) in [6.45, 7) is 10.1. The van der Waals surface area contributed by atoms with Crippen LogP contribution in [0.15, 0.2) is 18.2 Å². The van der Waals surface area contributed by atoms with Crippen LogP contribution in [0.25, 0.3) is 0 Å². The number of carbonyl (C=O) groups is 2. The number of aryl methyl sites for hydroxylation is 2. The number of rotatable bonds is 7. The van der Waals surface area contributed by atoms with E-state index in [0.29, 0.717) is 24.6 Å². The van der Waals surface area contributed by atoms with Gasteiger partial charge in [0.2, 0.25) is 0 Å². The highest BCUT2D eigenvalue weighted by molar-refractivity contribution is 6.04. The lowest BCUT2D eigenvalue weighted by Crippen LogP contribution is -2.31. The standard InChI is InChI=1S/C23H32N4O2/c1-5-16-12-11-13-17(6-2)19(16)25-22(28)21-24-20(23(29)26(7-3)8-4)18-14-9-10-15-27(18)21/h11-13H,5-10,14-15H2,1-4H3,(H,25,28). The Labute approximate surface area is 173 Å². The van der Waals surface area contributed by atoms with Crippen LogP contribution in [0, 0.1) is 0 Å². The molecule has 0 spiro atoms. The Morgan fingerprint density at radius 3 is 2.31 bits per heavy atom. The number of fused-ring (bicyclic) bond motifs is 1. The van der Waals surface area contributed by atoms with Crippen molar-refractivity contribution in [3.05, 3.63) is 46.5 Å². The predicted molar refractivity (Wildman–Crippen MR) is 116 cm³/mol. The third-order valence-electron chi connectivity index (χ3n) is 5.81. The molecule has 0 saturated heterocycles. The smallest absolute Gasteiger partial charge is 0.291 e. The Balaban J connectivity index is 1.99. The normalized spacial score (nSPS) is 13.1. The highest BCUT2D eigenvalue weighted by atomic mass is 16.2. The first kappa shape index (κ1) is 21.1. The minimum absolute atomic E-state index is 0.0806. The third-order valence-corrected chi connectivity index (χ3v) is 5.81.